The molecule has 0 aromatic heterocycles. The summed E-state index contributed by atoms with van der Waals surface area (Å²) in [6, 6.07) is 11.0. The number of carbonyl (C=O) groups excluding carboxylic acids is 1. The second-order valence-electron chi connectivity index (χ2n) is 5.81. The number of methoxy groups -OCH3 is 1. The third-order valence-electron chi connectivity index (χ3n) is 4.21. The van der Waals surface area contributed by atoms with Crippen molar-refractivity contribution in [2.45, 2.75) is 12.1 Å². The van der Waals surface area contributed by atoms with Gasteiger partial charge in [0.1, 0.15) is 17.6 Å². The van der Waals surface area contributed by atoms with Crippen molar-refractivity contribution < 1.29 is 23.6 Å². The molecule has 1 fully saturated rings. The van der Waals surface area contributed by atoms with E-state index < -0.39 is 22.9 Å². The maximum atomic E-state index is 13.0. The van der Waals surface area contributed by atoms with Crippen molar-refractivity contribution >= 4 is 11.6 Å². The van der Waals surface area contributed by atoms with Crippen molar-refractivity contribution in [1.29, 1.82) is 0 Å². The molecule has 3 rings (SSSR count). The number of non-ortho nitro benzene ring substituents is 1. The summed E-state index contributed by atoms with van der Waals surface area (Å²) >= 11 is 0. The van der Waals surface area contributed by atoms with Crippen molar-refractivity contribution in [3.05, 3.63) is 70.0 Å². The van der Waals surface area contributed by atoms with E-state index in [4.69, 9.17) is 9.47 Å². The van der Waals surface area contributed by atoms with Gasteiger partial charge in [0.15, 0.2) is 0 Å². The van der Waals surface area contributed by atoms with Crippen LogP contribution >= 0.6 is 0 Å². The van der Waals surface area contributed by atoms with E-state index in [2.05, 4.69) is 0 Å². The zero-order chi connectivity index (χ0) is 18.7. The van der Waals surface area contributed by atoms with Crippen molar-refractivity contribution in [3.63, 3.8) is 0 Å². The fourth-order valence-electron chi connectivity index (χ4n) is 2.88. The van der Waals surface area contributed by atoms with Crippen LogP contribution in [0.4, 0.5) is 10.1 Å². The summed E-state index contributed by atoms with van der Waals surface area (Å²) in [5.41, 5.74) is 0.692. The van der Waals surface area contributed by atoms with Crippen molar-refractivity contribution in [1.82, 2.24) is 4.90 Å². The van der Waals surface area contributed by atoms with E-state index in [0.29, 0.717) is 18.9 Å². The highest BCUT2D eigenvalue weighted by atomic mass is 19.1. The molecule has 0 bridgehead atoms. The minimum Gasteiger partial charge on any atom is -0.478 e. The first kappa shape index (κ1) is 17.8. The minimum atomic E-state index is -0.779. The maximum Gasteiger partial charge on any atom is 0.269 e. The number of amides is 1. The summed E-state index contributed by atoms with van der Waals surface area (Å²) in [6.07, 6.45) is -0.779. The van der Waals surface area contributed by atoms with Gasteiger partial charge in [0, 0.05) is 25.8 Å². The molecule has 0 radical (unpaired) electrons. The lowest BCUT2D eigenvalue weighted by molar-refractivity contribution is -0.384. The molecule has 1 amide bonds. The van der Waals surface area contributed by atoms with Gasteiger partial charge in [0.25, 0.3) is 11.6 Å². The fourth-order valence-corrected chi connectivity index (χ4v) is 2.88. The molecule has 1 aliphatic rings. The molecule has 0 unspecified atom stereocenters. The third kappa shape index (κ3) is 3.50. The van der Waals surface area contributed by atoms with Gasteiger partial charge in [-0.05, 0) is 42.0 Å². The number of nitro groups is 1. The van der Waals surface area contributed by atoms with Gasteiger partial charge in [-0.2, -0.15) is 0 Å². The van der Waals surface area contributed by atoms with Crippen LogP contribution < -0.4 is 4.74 Å². The average Bonchev–Trinajstić information content (AvgIpc) is 2.65. The van der Waals surface area contributed by atoms with Gasteiger partial charge in [0.05, 0.1) is 11.5 Å². The number of benzene rings is 2. The molecule has 1 saturated heterocycles. The molecular weight excluding hydrogens is 343 g/mol. The van der Waals surface area contributed by atoms with E-state index in [0.717, 1.165) is 5.56 Å². The molecule has 2 atom stereocenters. The minimum absolute atomic E-state index is 0.0288. The molecule has 26 heavy (non-hydrogen) atoms. The molecule has 2 aromatic carbocycles. The summed E-state index contributed by atoms with van der Waals surface area (Å²) in [5, 5.41) is 10.8. The van der Waals surface area contributed by atoms with Gasteiger partial charge in [0.2, 0.25) is 6.10 Å². The number of hydrogen-bond acceptors (Lipinski definition) is 5. The van der Waals surface area contributed by atoms with Crippen LogP contribution in [0.5, 0.6) is 5.75 Å². The molecular formula is C18H17FN2O5. The number of nitro benzene ring substituents is 1. The Morgan fingerprint density at radius 3 is 2.38 bits per heavy atom. The number of carbonyl (C=O) groups is 1. The van der Waals surface area contributed by atoms with Crippen LogP contribution in [0, 0.1) is 15.9 Å². The lowest BCUT2D eigenvalue weighted by atomic mass is 9.90. The SMILES string of the molecule is COCCN1C(=O)[C@@H](Oc2ccc(F)cc2)[C@@H]1c1ccc([N+](=O)[O-])cc1. The normalized spacial score (nSPS) is 19.2. The second-order valence-corrected chi connectivity index (χ2v) is 5.81. The molecule has 1 aliphatic heterocycles. The van der Waals surface area contributed by atoms with Crippen LogP contribution in [0.1, 0.15) is 11.6 Å². The van der Waals surface area contributed by atoms with Crippen molar-refractivity contribution in [3.8, 4) is 5.75 Å². The number of nitrogens with zero attached hydrogens (tertiary/aromatic N) is 2. The molecule has 0 saturated carbocycles. The van der Waals surface area contributed by atoms with Crippen LogP contribution in [0.15, 0.2) is 48.5 Å². The van der Waals surface area contributed by atoms with E-state index in [1.807, 2.05) is 0 Å². The van der Waals surface area contributed by atoms with E-state index in [-0.39, 0.29) is 11.6 Å². The molecule has 7 nitrogen and oxygen atoms in total. The molecule has 8 heteroatoms. The maximum absolute atomic E-state index is 13.0. The average molecular weight is 360 g/mol. The Balaban J connectivity index is 1.83. The smallest absolute Gasteiger partial charge is 0.269 e. The number of β-lactam (4-membered cyclic amide) rings is 1. The van der Waals surface area contributed by atoms with E-state index in [9.17, 15) is 19.3 Å². The summed E-state index contributed by atoms with van der Waals surface area (Å²) in [7, 11) is 1.54. The second kappa shape index (κ2) is 7.49. The lowest BCUT2D eigenvalue weighted by Gasteiger charge is -2.46. The fraction of sp³-hybridized carbons (Fsp3) is 0.278. The zero-order valence-electron chi connectivity index (χ0n) is 14.0. The Morgan fingerprint density at radius 1 is 1.15 bits per heavy atom. The molecule has 1 heterocycles. The highest BCUT2D eigenvalue weighted by molar-refractivity contribution is 5.89. The summed E-state index contributed by atoms with van der Waals surface area (Å²) in [6.45, 7) is 0.735. The Kier molecular flexibility index (Phi) is 5.13. The highest BCUT2D eigenvalue weighted by Gasteiger charge is 2.49. The quantitative estimate of drug-likeness (QED) is 0.431. The van der Waals surface area contributed by atoms with E-state index in [1.165, 1.54) is 43.5 Å². The zero-order valence-corrected chi connectivity index (χ0v) is 14.0. The standard InChI is InChI=1S/C18H17FN2O5/c1-25-11-10-20-16(12-2-6-14(7-3-12)21(23)24)17(18(20)22)26-15-8-4-13(19)5-9-15/h2-9,16-17H,10-11H2,1H3/t16-,17-/m0/s1. The number of rotatable bonds is 7. The summed E-state index contributed by atoms with van der Waals surface area (Å²) in [4.78, 5) is 24.4. The Bertz CT molecular complexity index is 794. The van der Waals surface area contributed by atoms with Gasteiger partial charge >= 0.3 is 0 Å². The van der Waals surface area contributed by atoms with Crippen molar-refractivity contribution in [2.75, 3.05) is 20.3 Å². The van der Waals surface area contributed by atoms with E-state index >= 15 is 0 Å². The van der Waals surface area contributed by atoms with Gasteiger partial charge in [-0.25, -0.2) is 4.39 Å². The van der Waals surface area contributed by atoms with Crippen molar-refractivity contribution in [2.24, 2.45) is 0 Å². The van der Waals surface area contributed by atoms with E-state index in [1.54, 1.807) is 17.0 Å². The summed E-state index contributed by atoms with van der Waals surface area (Å²) in [5.74, 6) is -0.233. The van der Waals surface area contributed by atoms with Crippen LogP contribution in [0.3, 0.4) is 0 Å². The van der Waals surface area contributed by atoms with Gasteiger partial charge < -0.3 is 14.4 Å². The third-order valence-corrected chi connectivity index (χ3v) is 4.21. The van der Waals surface area contributed by atoms with Crippen LogP contribution in [-0.4, -0.2) is 42.1 Å². The van der Waals surface area contributed by atoms with Gasteiger partial charge in [-0.3, -0.25) is 14.9 Å². The van der Waals surface area contributed by atoms with Crippen LogP contribution in [0.2, 0.25) is 0 Å². The lowest BCUT2D eigenvalue weighted by Crippen LogP contribution is -2.61. The first-order valence-electron chi connectivity index (χ1n) is 7.97. The molecule has 2 aromatic rings. The molecule has 0 spiro atoms. The predicted octanol–water partition coefficient (Wildman–Crippen LogP) is 2.71. The molecule has 0 aliphatic carbocycles. The Labute approximate surface area is 149 Å². The topological polar surface area (TPSA) is 81.9 Å². The number of likely N-dealkylation sites (tertiary alicyclic amines) is 1. The van der Waals surface area contributed by atoms with Gasteiger partial charge in [-0.1, -0.05) is 0 Å². The molecule has 0 N–H and O–H groups in total. The number of halogens is 1. The Hall–Kier alpha value is -3.00. The van der Waals surface area contributed by atoms with Gasteiger partial charge in [-0.15, -0.1) is 0 Å². The number of hydrogen-bond donors (Lipinski definition) is 0. The largest absolute Gasteiger partial charge is 0.478 e. The van der Waals surface area contributed by atoms with Crippen LogP contribution in [-0.2, 0) is 9.53 Å². The summed E-state index contributed by atoms with van der Waals surface area (Å²) < 4.78 is 23.8. The molecule has 136 valence electrons. The van der Waals surface area contributed by atoms with Crippen LogP contribution in [0.25, 0.3) is 0 Å². The first-order chi connectivity index (χ1) is 12.5. The number of ether oxygens (including phenoxy) is 2. The first-order valence-corrected chi connectivity index (χ1v) is 7.97. The monoisotopic (exact) mass is 360 g/mol. The predicted molar refractivity (Wildman–Crippen MR) is 90.2 cm³/mol. The highest BCUT2D eigenvalue weighted by Crippen LogP contribution is 2.38. The Morgan fingerprint density at radius 2 is 1.81 bits per heavy atom.